The number of hydrogen-bond donors (Lipinski definition) is 3. The molecule has 20 heavy (non-hydrogen) atoms. The van der Waals surface area contributed by atoms with E-state index in [0.29, 0.717) is 29.1 Å². The van der Waals surface area contributed by atoms with Crippen molar-refractivity contribution in [2.45, 2.75) is 18.5 Å². The maximum Gasteiger partial charge on any atom is 0.251 e. The van der Waals surface area contributed by atoms with Gasteiger partial charge >= 0.3 is 0 Å². The summed E-state index contributed by atoms with van der Waals surface area (Å²) in [7, 11) is 0. The number of rotatable bonds is 2. The van der Waals surface area contributed by atoms with Gasteiger partial charge in [-0.25, -0.2) is 9.37 Å². The van der Waals surface area contributed by atoms with E-state index in [1.165, 1.54) is 6.07 Å². The van der Waals surface area contributed by atoms with Crippen LogP contribution in [0.2, 0.25) is 0 Å². The maximum atomic E-state index is 13.5. The van der Waals surface area contributed by atoms with Crippen molar-refractivity contribution in [1.82, 2.24) is 15.3 Å². The summed E-state index contributed by atoms with van der Waals surface area (Å²) < 4.78 is 13.5. The number of aromatic amines is 1. The summed E-state index contributed by atoms with van der Waals surface area (Å²) in [5.41, 5.74) is 6.34. The van der Waals surface area contributed by atoms with Crippen molar-refractivity contribution in [3.63, 3.8) is 0 Å². The molecule has 2 fully saturated rings. The fourth-order valence-corrected chi connectivity index (χ4v) is 3.21. The number of halogens is 1. The number of carbonyl (C=O) groups is 1. The van der Waals surface area contributed by atoms with Crippen molar-refractivity contribution in [3.8, 4) is 0 Å². The minimum atomic E-state index is -0.669. The number of carbonyl (C=O) groups excluding carboxylic acids is 1. The van der Waals surface area contributed by atoms with Crippen molar-refractivity contribution in [3.05, 3.63) is 23.5 Å². The first-order valence-electron chi connectivity index (χ1n) is 6.61. The maximum absolute atomic E-state index is 13.5. The predicted octanol–water partition coefficient (Wildman–Crippen LogP) is 0.351. The summed E-state index contributed by atoms with van der Waals surface area (Å²) in [6.45, 7) is 1.80. The van der Waals surface area contributed by atoms with Gasteiger partial charge in [0, 0.05) is 25.2 Å². The molecule has 2 saturated heterocycles. The number of anilines is 1. The molecule has 7 heteroatoms. The Labute approximate surface area is 114 Å². The Morgan fingerprint density at radius 1 is 1.50 bits per heavy atom. The predicted molar refractivity (Wildman–Crippen MR) is 72.1 cm³/mol. The van der Waals surface area contributed by atoms with E-state index >= 15 is 0 Å². The molecule has 0 unspecified atom stereocenters. The molecule has 1 aromatic carbocycles. The van der Waals surface area contributed by atoms with Crippen molar-refractivity contribution in [2.75, 3.05) is 18.0 Å². The van der Waals surface area contributed by atoms with Crippen molar-refractivity contribution >= 4 is 22.9 Å². The van der Waals surface area contributed by atoms with Gasteiger partial charge in [0.25, 0.3) is 5.91 Å². The van der Waals surface area contributed by atoms with Crippen LogP contribution in [0.15, 0.2) is 12.1 Å². The average Bonchev–Trinajstić information content (AvgIpc) is 3.10. The van der Waals surface area contributed by atoms with E-state index < -0.39 is 11.7 Å². The number of amides is 1. The van der Waals surface area contributed by atoms with Crippen LogP contribution in [-0.2, 0) is 0 Å². The largest absolute Gasteiger partial charge is 0.366 e. The minimum Gasteiger partial charge on any atom is -0.366 e. The van der Waals surface area contributed by atoms with Gasteiger partial charge in [0.15, 0.2) is 0 Å². The lowest BCUT2D eigenvalue weighted by Crippen LogP contribution is -2.44. The molecule has 1 aromatic heterocycles. The van der Waals surface area contributed by atoms with E-state index in [2.05, 4.69) is 20.2 Å². The first kappa shape index (κ1) is 11.7. The van der Waals surface area contributed by atoms with Crippen LogP contribution in [0, 0.1) is 5.82 Å². The monoisotopic (exact) mass is 275 g/mol. The number of aromatic nitrogens is 2. The highest BCUT2D eigenvalue weighted by Crippen LogP contribution is 2.30. The normalized spacial score (nSPS) is 24.8. The standard InChI is InChI=1S/C13H14FN5O/c14-6-1-9(12(15)20)11-10(2-6)17-13(18-11)19-5-7-3-8(19)4-16-7/h1-2,7-8,16H,3-5H2,(H2,15,20)(H,17,18)/t7-,8+/m0/s1. The molecule has 2 aliphatic heterocycles. The highest BCUT2D eigenvalue weighted by molar-refractivity contribution is 6.04. The molecule has 3 heterocycles. The lowest BCUT2D eigenvalue weighted by atomic mass is 10.1. The number of nitrogens with one attached hydrogen (secondary N) is 2. The molecule has 1 amide bonds. The van der Waals surface area contributed by atoms with Gasteiger partial charge in [-0.15, -0.1) is 0 Å². The summed E-state index contributed by atoms with van der Waals surface area (Å²) in [5, 5.41) is 3.41. The number of nitrogens with zero attached hydrogens (tertiary/aromatic N) is 2. The van der Waals surface area contributed by atoms with Gasteiger partial charge in [-0.1, -0.05) is 0 Å². The van der Waals surface area contributed by atoms with Crippen LogP contribution in [0.25, 0.3) is 11.0 Å². The molecule has 0 radical (unpaired) electrons. The molecule has 6 nitrogen and oxygen atoms in total. The fraction of sp³-hybridized carbons (Fsp3) is 0.385. The second kappa shape index (κ2) is 3.92. The molecule has 4 rings (SSSR count). The van der Waals surface area contributed by atoms with Gasteiger partial charge in [-0.3, -0.25) is 4.79 Å². The van der Waals surface area contributed by atoms with E-state index in [1.54, 1.807) is 0 Å². The van der Waals surface area contributed by atoms with Crippen molar-refractivity contribution in [1.29, 1.82) is 0 Å². The lowest BCUT2D eigenvalue weighted by Gasteiger charge is -2.26. The number of nitrogens with two attached hydrogens (primary N) is 1. The van der Waals surface area contributed by atoms with Crippen LogP contribution >= 0.6 is 0 Å². The number of primary amides is 1. The van der Waals surface area contributed by atoms with Gasteiger partial charge in [0.1, 0.15) is 11.3 Å². The molecule has 2 bridgehead atoms. The van der Waals surface area contributed by atoms with Gasteiger partial charge in [-0.2, -0.15) is 0 Å². The molecular formula is C13H14FN5O. The quantitative estimate of drug-likeness (QED) is 0.738. The molecular weight excluding hydrogens is 261 g/mol. The fourth-order valence-electron chi connectivity index (χ4n) is 3.21. The Morgan fingerprint density at radius 3 is 3.00 bits per heavy atom. The average molecular weight is 275 g/mol. The lowest BCUT2D eigenvalue weighted by molar-refractivity contribution is 0.100. The molecule has 0 spiro atoms. The Bertz CT molecular complexity index is 712. The van der Waals surface area contributed by atoms with Crippen LogP contribution in [0.3, 0.4) is 0 Å². The van der Waals surface area contributed by atoms with E-state index in [0.717, 1.165) is 25.6 Å². The highest BCUT2D eigenvalue weighted by Gasteiger charge is 2.39. The first-order chi connectivity index (χ1) is 9.61. The molecule has 2 aliphatic rings. The molecule has 0 aliphatic carbocycles. The first-order valence-corrected chi connectivity index (χ1v) is 6.61. The number of imidazole rings is 1. The summed E-state index contributed by atoms with van der Waals surface area (Å²) in [4.78, 5) is 21.1. The Balaban J connectivity index is 1.82. The molecule has 2 aromatic rings. The summed E-state index contributed by atoms with van der Waals surface area (Å²) in [5.74, 6) is -0.481. The molecule has 2 atom stereocenters. The third kappa shape index (κ3) is 1.59. The van der Waals surface area contributed by atoms with Crippen LogP contribution < -0.4 is 16.0 Å². The zero-order chi connectivity index (χ0) is 13.9. The number of fused-ring (bicyclic) bond motifs is 3. The SMILES string of the molecule is NC(=O)c1cc(F)cc2[nH]c(N3C[C@@H]4C[C@@H]3CN4)nc12. The van der Waals surface area contributed by atoms with Gasteiger partial charge in [0.05, 0.1) is 11.1 Å². The number of H-pyrrole nitrogens is 1. The van der Waals surface area contributed by atoms with Gasteiger partial charge < -0.3 is 20.9 Å². The van der Waals surface area contributed by atoms with Crippen LogP contribution in [0.4, 0.5) is 10.3 Å². The third-order valence-corrected chi connectivity index (χ3v) is 4.13. The van der Waals surface area contributed by atoms with Crippen LogP contribution in [0.5, 0.6) is 0 Å². The van der Waals surface area contributed by atoms with Gasteiger partial charge in [0.2, 0.25) is 5.95 Å². The molecule has 4 N–H and O–H groups in total. The Morgan fingerprint density at radius 2 is 2.35 bits per heavy atom. The Hall–Kier alpha value is -2.15. The number of piperazine rings is 1. The summed E-state index contributed by atoms with van der Waals surface area (Å²) >= 11 is 0. The van der Waals surface area contributed by atoms with Crippen molar-refractivity contribution < 1.29 is 9.18 Å². The van der Waals surface area contributed by atoms with Gasteiger partial charge in [-0.05, 0) is 18.6 Å². The van der Waals surface area contributed by atoms with E-state index in [4.69, 9.17) is 5.73 Å². The minimum absolute atomic E-state index is 0.116. The molecule has 104 valence electrons. The second-order valence-corrected chi connectivity index (χ2v) is 5.42. The second-order valence-electron chi connectivity index (χ2n) is 5.42. The summed E-state index contributed by atoms with van der Waals surface area (Å²) in [6, 6.07) is 3.36. The van der Waals surface area contributed by atoms with E-state index in [1.807, 2.05) is 0 Å². The van der Waals surface area contributed by atoms with E-state index in [-0.39, 0.29) is 5.56 Å². The van der Waals surface area contributed by atoms with E-state index in [9.17, 15) is 9.18 Å². The third-order valence-electron chi connectivity index (χ3n) is 4.13. The molecule has 0 saturated carbocycles. The number of benzene rings is 1. The number of hydrogen-bond acceptors (Lipinski definition) is 4. The topological polar surface area (TPSA) is 87.0 Å². The Kier molecular flexibility index (Phi) is 2.29. The zero-order valence-corrected chi connectivity index (χ0v) is 10.7. The zero-order valence-electron chi connectivity index (χ0n) is 10.7. The van der Waals surface area contributed by atoms with Crippen molar-refractivity contribution in [2.24, 2.45) is 5.73 Å². The smallest absolute Gasteiger partial charge is 0.251 e. The summed E-state index contributed by atoms with van der Waals surface area (Å²) in [6.07, 6.45) is 1.09. The van der Waals surface area contributed by atoms with Crippen LogP contribution in [-0.4, -0.2) is 41.0 Å². The highest BCUT2D eigenvalue weighted by atomic mass is 19.1. The van der Waals surface area contributed by atoms with Crippen LogP contribution in [0.1, 0.15) is 16.8 Å².